The predicted molar refractivity (Wildman–Crippen MR) is 86.4 cm³/mol. The second-order valence-corrected chi connectivity index (χ2v) is 4.82. The Bertz CT molecular complexity index is 646. The summed E-state index contributed by atoms with van der Waals surface area (Å²) in [6, 6.07) is 20.6. The molecular formula is C18H17N3O. The number of amides is 1. The molecule has 4 heteroatoms. The third-order valence-corrected chi connectivity index (χ3v) is 3.24. The van der Waals surface area contributed by atoms with Crippen molar-refractivity contribution in [1.82, 2.24) is 0 Å². The molecule has 0 saturated carbocycles. The van der Waals surface area contributed by atoms with Crippen molar-refractivity contribution in [1.29, 1.82) is 5.26 Å². The Kier molecular flexibility index (Phi) is 5.44. The molecule has 0 bridgehead atoms. The van der Waals surface area contributed by atoms with Crippen LogP contribution in [-0.2, 0) is 4.79 Å². The van der Waals surface area contributed by atoms with Gasteiger partial charge in [0.1, 0.15) is 6.04 Å². The van der Waals surface area contributed by atoms with E-state index in [0.717, 1.165) is 11.1 Å². The summed E-state index contributed by atoms with van der Waals surface area (Å²) in [6.45, 7) is 0. The number of hydrogen-bond donors (Lipinski definition) is 1. The molecule has 0 radical (unpaired) electrons. The summed E-state index contributed by atoms with van der Waals surface area (Å²) in [5.74, 6) is -0.514. The zero-order chi connectivity index (χ0) is 15.8. The molecule has 2 aromatic rings. The number of primary amides is 1. The van der Waals surface area contributed by atoms with E-state index >= 15 is 0 Å². The van der Waals surface area contributed by atoms with Crippen LogP contribution in [0.2, 0.25) is 0 Å². The van der Waals surface area contributed by atoms with E-state index in [-0.39, 0.29) is 6.42 Å². The van der Waals surface area contributed by atoms with E-state index in [1.165, 1.54) is 0 Å². The number of benzene rings is 2. The van der Waals surface area contributed by atoms with Crippen molar-refractivity contribution >= 4 is 11.6 Å². The zero-order valence-electron chi connectivity index (χ0n) is 12.1. The molecule has 0 aliphatic heterocycles. The summed E-state index contributed by atoms with van der Waals surface area (Å²) in [7, 11) is 0. The van der Waals surface area contributed by atoms with Gasteiger partial charge in [0, 0.05) is 17.5 Å². The van der Waals surface area contributed by atoms with Crippen molar-refractivity contribution in [2.45, 2.75) is 18.9 Å². The van der Waals surface area contributed by atoms with Gasteiger partial charge in [0.25, 0.3) is 0 Å². The van der Waals surface area contributed by atoms with Gasteiger partial charge in [-0.2, -0.15) is 5.26 Å². The molecule has 1 atom stereocenters. The summed E-state index contributed by atoms with van der Waals surface area (Å²) in [5.41, 5.74) is 7.97. The van der Waals surface area contributed by atoms with Crippen molar-refractivity contribution in [3.05, 3.63) is 71.8 Å². The van der Waals surface area contributed by atoms with Crippen LogP contribution in [-0.4, -0.2) is 17.7 Å². The highest BCUT2D eigenvalue weighted by molar-refractivity contribution is 6.13. The highest BCUT2D eigenvalue weighted by Crippen LogP contribution is 2.14. The fourth-order valence-electron chi connectivity index (χ4n) is 2.14. The van der Waals surface area contributed by atoms with Crippen molar-refractivity contribution < 1.29 is 4.79 Å². The van der Waals surface area contributed by atoms with Crippen LogP contribution in [0.25, 0.3) is 0 Å². The van der Waals surface area contributed by atoms with Gasteiger partial charge in [0.05, 0.1) is 11.8 Å². The van der Waals surface area contributed by atoms with Crippen LogP contribution in [0.15, 0.2) is 65.7 Å². The first-order chi connectivity index (χ1) is 10.7. The number of carbonyl (C=O) groups is 1. The molecule has 22 heavy (non-hydrogen) atoms. The molecule has 0 aliphatic carbocycles. The van der Waals surface area contributed by atoms with Gasteiger partial charge in [-0.1, -0.05) is 60.7 Å². The fourth-order valence-corrected chi connectivity index (χ4v) is 2.14. The monoisotopic (exact) mass is 291 g/mol. The molecule has 0 heterocycles. The molecule has 0 aromatic heterocycles. The second-order valence-electron chi connectivity index (χ2n) is 4.82. The van der Waals surface area contributed by atoms with Gasteiger partial charge in [-0.3, -0.25) is 9.79 Å². The molecule has 2 N–H and O–H groups in total. The number of aliphatic imine (C=N–C) groups is 1. The van der Waals surface area contributed by atoms with Crippen molar-refractivity contribution in [3.63, 3.8) is 0 Å². The van der Waals surface area contributed by atoms with Gasteiger partial charge in [-0.15, -0.1) is 0 Å². The molecule has 0 aliphatic rings. The van der Waals surface area contributed by atoms with Crippen molar-refractivity contribution in [2.75, 3.05) is 0 Å². The van der Waals surface area contributed by atoms with Crippen LogP contribution in [0.3, 0.4) is 0 Å². The number of carbonyl (C=O) groups excluding carboxylic acids is 1. The molecule has 1 unspecified atom stereocenters. The standard InChI is InChI=1S/C18H17N3O/c19-13-7-12-16(18(20)22)21-17(14-8-3-1-4-9-14)15-10-5-2-6-11-15/h1-6,8-11,16H,7,12H2,(H2,20,22). The zero-order valence-corrected chi connectivity index (χ0v) is 12.1. The Hall–Kier alpha value is -2.93. The lowest BCUT2D eigenvalue weighted by Crippen LogP contribution is -2.28. The van der Waals surface area contributed by atoms with Crippen molar-refractivity contribution in [3.8, 4) is 6.07 Å². The summed E-state index contributed by atoms with van der Waals surface area (Å²) < 4.78 is 0. The average molecular weight is 291 g/mol. The lowest BCUT2D eigenvalue weighted by molar-refractivity contribution is -0.119. The van der Waals surface area contributed by atoms with E-state index in [2.05, 4.69) is 4.99 Å². The topological polar surface area (TPSA) is 79.2 Å². The van der Waals surface area contributed by atoms with E-state index in [1.54, 1.807) is 0 Å². The Balaban J connectivity index is 2.46. The largest absolute Gasteiger partial charge is 0.368 e. The van der Waals surface area contributed by atoms with Crippen LogP contribution in [0.5, 0.6) is 0 Å². The third kappa shape index (κ3) is 4.03. The minimum absolute atomic E-state index is 0.244. The molecule has 0 saturated heterocycles. The van der Waals surface area contributed by atoms with Crippen LogP contribution < -0.4 is 5.73 Å². The van der Waals surface area contributed by atoms with E-state index < -0.39 is 11.9 Å². The molecule has 0 spiro atoms. The number of hydrogen-bond acceptors (Lipinski definition) is 3. The number of nitriles is 1. The number of rotatable bonds is 6. The molecule has 110 valence electrons. The van der Waals surface area contributed by atoms with Gasteiger partial charge in [0.15, 0.2) is 0 Å². The Morgan fingerprint density at radius 1 is 1.05 bits per heavy atom. The quantitative estimate of drug-likeness (QED) is 0.830. The van der Waals surface area contributed by atoms with E-state index in [4.69, 9.17) is 11.0 Å². The maximum atomic E-state index is 11.6. The average Bonchev–Trinajstić information content (AvgIpc) is 2.56. The summed E-state index contributed by atoms with van der Waals surface area (Å²) >= 11 is 0. The third-order valence-electron chi connectivity index (χ3n) is 3.24. The minimum atomic E-state index is -0.699. The normalized spacial score (nSPS) is 11.2. The maximum absolute atomic E-state index is 11.6. The SMILES string of the molecule is N#CCCC(N=C(c1ccccc1)c1ccccc1)C(N)=O. The number of nitrogens with zero attached hydrogens (tertiary/aromatic N) is 2. The molecular weight excluding hydrogens is 274 g/mol. The van der Waals surface area contributed by atoms with E-state index in [9.17, 15) is 4.79 Å². The Labute approximate surface area is 129 Å². The first kappa shape index (κ1) is 15.5. The fraction of sp³-hybridized carbons (Fsp3) is 0.167. The molecule has 2 aromatic carbocycles. The first-order valence-corrected chi connectivity index (χ1v) is 7.07. The van der Waals surface area contributed by atoms with Crippen LogP contribution >= 0.6 is 0 Å². The highest BCUT2D eigenvalue weighted by atomic mass is 16.1. The van der Waals surface area contributed by atoms with E-state index in [1.807, 2.05) is 66.7 Å². The highest BCUT2D eigenvalue weighted by Gasteiger charge is 2.16. The summed E-state index contributed by atoms with van der Waals surface area (Å²) in [6.07, 6.45) is 0.572. The van der Waals surface area contributed by atoms with Gasteiger partial charge < -0.3 is 5.73 Å². The van der Waals surface area contributed by atoms with Gasteiger partial charge in [-0.25, -0.2) is 0 Å². The molecule has 1 amide bonds. The van der Waals surface area contributed by atoms with Gasteiger partial charge in [-0.05, 0) is 6.42 Å². The Morgan fingerprint density at radius 2 is 1.55 bits per heavy atom. The minimum Gasteiger partial charge on any atom is -0.368 e. The number of nitrogens with two attached hydrogens (primary N) is 1. The van der Waals surface area contributed by atoms with Gasteiger partial charge >= 0.3 is 0 Å². The van der Waals surface area contributed by atoms with Crippen LogP contribution in [0, 0.1) is 11.3 Å². The lowest BCUT2D eigenvalue weighted by atomic mass is 10.0. The first-order valence-electron chi connectivity index (χ1n) is 7.07. The van der Waals surface area contributed by atoms with Crippen LogP contribution in [0.4, 0.5) is 0 Å². The molecule has 4 nitrogen and oxygen atoms in total. The summed E-state index contributed by atoms with van der Waals surface area (Å²) in [5, 5.41) is 8.71. The van der Waals surface area contributed by atoms with Crippen LogP contribution in [0.1, 0.15) is 24.0 Å². The van der Waals surface area contributed by atoms with E-state index in [0.29, 0.717) is 12.1 Å². The second kappa shape index (κ2) is 7.75. The smallest absolute Gasteiger partial charge is 0.242 e. The lowest BCUT2D eigenvalue weighted by Gasteiger charge is -2.12. The van der Waals surface area contributed by atoms with Crippen molar-refractivity contribution in [2.24, 2.45) is 10.7 Å². The Morgan fingerprint density at radius 3 is 1.95 bits per heavy atom. The maximum Gasteiger partial charge on any atom is 0.242 e. The molecule has 0 fully saturated rings. The summed E-state index contributed by atoms with van der Waals surface area (Å²) in [4.78, 5) is 16.2. The molecule has 2 rings (SSSR count). The predicted octanol–water partition coefficient (Wildman–Crippen LogP) is 2.68. The van der Waals surface area contributed by atoms with Gasteiger partial charge in [0.2, 0.25) is 5.91 Å².